The quantitative estimate of drug-likeness (QED) is 0.129. The lowest BCUT2D eigenvalue weighted by molar-refractivity contribution is 0.590. The molecular formula is C68H63BN2S2. The molecule has 0 unspecified atom stereocenters. The zero-order valence-electron chi connectivity index (χ0n) is 44.4. The molecule has 13 rings (SSSR count). The molecule has 0 radical (unpaired) electrons. The van der Waals surface area contributed by atoms with Crippen LogP contribution in [0.4, 0.5) is 34.1 Å². The van der Waals surface area contributed by atoms with Crippen LogP contribution < -0.4 is 24.8 Å². The van der Waals surface area contributed by atoms with Gasteiger partial charge in [-0.1, -0.05) is 180 Å². The van der Waals surface area contributed by atoms with Gasteiger partial charge in [-0.2, -0.15) is 0 Å². The average molecular weight is 983 g/mol. The monoisotopic (exact) mass is 982 g/mol. The van der Waals surface area contributed by atoms with Crippen molar-refractivity contribution >= 4 is 131 Å². The van der Waals surface area contributed by atoms with Crippen LogP contribution in [0, 0.1) is 0 Å². The maximum atomic E-state index is 2.69. The average Bonchev–Trinajstić information content (AvgIpc) is 3.95. The molecule has 73 heavy (non-hydrogen) atoms. The Balaban J connectivity index is 1.14. The number of hydrogen-bond donors (Lipinski definition) is 0. The first-order valence-electron chi connectivity index (χ1n) is 26.2. The van der Waals surface area contributed by atoms with Gasteiger partial charge in [0.2, 0.25) is 0 Å². The Morgan fingerprint density at radius 2 is 0.781 bits per heavy atom. The molecule has 0 amide bonds. The van der Waals surface area contributed by atoms with E-state index in [1.165, 1.54) is 135 Å². The van der Waals surface area contributed by atoms with Crippen molar-refractivity contribution in [3.63, 3.8) is 0 Å². The number of anilines is 6. The standard InChI is InChI=1S/C68H63BN2S2/c1-65(2,3)41-25-30-45(31-26-41)70-56-22-17-23-57-60(56)69(63-61(70)53-38-43(67(7,8)9)28-34-58(53)72-63)64-62(54-39-44(68(10,11)12)29-35-59(54)73-64)71(57)55-33-27-42(66(4,5)6)37-51(55)40-24-32-50-48-20-14-13-18-46(48)47-19-15-16-21-49(47)52(50)36-40/h13-39H,1-12H3. The Hall–Kier alpha value is -6.66. The van der Waals surface area contributed by atoms with Crippen molar-refractivity contribution in [2.24, 2.45) is 0 Å². The van der Waals surface area contributed by atoms with Crippen LogP contribution in [0.15, 0.2) is 164 Å². The number of nitrogens with zero attached hydrogens (tertiary/aromatic N) is 2. The molecule has 0 N–H and O–H groups in total. The van der Waals surface area contributed by atoms with E-state index in [0.717, 1.165) is 0 Å². The Morgan fingerprint density at radius 3 is 1.30 bits per heavy atom. The minimum Gasteiger partial charge on any atom is -0.310 e. The third-order valence-corrected chi connectivity index (χ3v) is 18.5. The summed E-state index contributed by atoms with van der Waals surface area (Å²) < 4.78 is 5.49. The smallest absolute Gasteiger partial charge is 0.277 e. The van der Waals surface area contributed by atoms with Gasteiger partial charge >= 0.3 is 0 Å². The van der Waals surface area contributed by atoms with E-state index in [1.54, 1.807) is 0 Å². The maximum Gasteiger partial charge on any atom is 0.277 e. The molecule has 360 valence electrons. The molecule has 11 aromatic rings. The van der Waals surface area contributed by atoms with Crippen molar-refractivity contribution in [2.75, 3.05) is 9.80 Å². The molecule has 2 aliphatic heterocycles. The summed E-state index contributed by atoms with van der Waals surface area (Å²) in [6.45, 7) is 28.1. The summed E-state index contributed by atoms with van der Waals surface area (Å²) in [6, 6.07) is 63.7. The van der Waals surface area contributed by atoms with Gasteiger partial charge in [0.05, 0.1) is 17.1 Å². The van der Waals surface area contributed by atoms with Gasteiger partial charge in [-0.25, -0.2) is 0 Å². The molecule has 0 saturated carbocycles. The van der Waals surface area contributed by atoms with Gasteiger partial charge in [0.1, 0.15) is 0 Å². The number of hydrogen-bond acceptors (Lipinski definition) is 4. The lowest BCUT2D eigenvalue weighted by Gasteiger charge is -2.42. The van der Waals surface area contributed by atoms with Gasteiger partial charge in [-0.15, -0.1) is 22.7 Å². The van der Waals surface area contributed by atoms with Gasteiger partial charge < -0.3 is 9.80 Å². The Kier molecular flexibility index (Phi) is 10.1. The molecule has 0 saturated heterocycles. The molecule has 0 atom stereocenters. The van der Waals surface area contributed by atoms with Crippen LogP contribution in [-0.4, -0.2) is 6.71 Å². The predicted molar refractivity (Wildman–Crippen MR) is 324 cm³/mol. The van der Waals surface area contributed by atoms with Crippen molar-refractivity contribution in [3.8, 4) is 11.1 Å². The first-order chi connectivity index (χ1) is 34.7. The highest BCUT2D eigenvalue weighted by atomic mass is 32.1. The Labute approximate surface area is 440 Å². The topological polar surface area (TPSA) is 6.48 Å². The molecule has 0 bridgehead atoms. The molecule has 0 spiro atoms. The number of thiophene rings is 2. The molecule has 2 aromatic heterocycles. The van der Waals surface area contributed by atoms with Crippen molar-refractivity contribution in [3.05, 3.63) is 186 Å². The fourth-order valence-electron chi connectivity index (χ4n) is 12.0. The van der Waals surface area contributed by atoms with E-state index in [1.807, 2.05) is 22.7 Å². The van der Waals surface area contributed by atoms with E-state index in [9.17, 15) is 0 Å². The molecule has 4 heterocycles. The summed E-state index contributed by atoms with van der Waals surface area (Å²) >= 11 is 3.99. The van der Waals surface area contributed by atoms with Gasteiger partial charge in [-0.05, 0) is 154 Å². The third kappa shape index (κ3) is 7.16. The first kappa shape index (κ1) is 46.2. The van der Waals surface area contributed by atoms with Crippen LogP contribution in [0.3, 0.4) is 0 Å². The molecule has 5 heteroatoms. The second kappa shape index (κ2) is 15.9. The van der Waals surface area contributed by atoms with Crippen LogP contribution in [-0.2, 0) is 21.7 Å². The van der Waals surface area contributed by atoms with Crippen LogP contribution in [0.1, 0.15) is 105 Å². The van der Waals surface area contributed by atoms with Gasteiger partial charge in [-0.3, -0.25) is 0 Å². The van der Waals surface area contributed by atoms with Gasteiger partial charge in [0, 0.05) is 52.4 Å². The van der Waals surface area contributed by atoms with E-state index in [2.05, 4.69) is 257 Å². The number of rotatable bonds is 3. The Bertz CT molecular complexity index is 4050. The highest BCUT2D eigenvalue weighted by Gasteiger charge is 2.47. The first-order valence-corrected chi connectivity index (χ1v) is 27.8. The van der Waals surface area contributed by atoms with E-state index in [-0.39, 0.29) is 28.4 Å². The van der Waals surface area contributed by atoms with Crippen molar-refractivity contribution in [1.82, 2.24) is 0 Å². The van der Waals surface area contributed by atoms with E-state index < -0.39 is 0 Å². The Morgan fingerprint density at radius 1 is 0.342 bits per heavy atom. The summed E-state index contributed by atoms with van der Waals surface area (Å²) in [4.78, 5) is 5.32. The second-order valence-corrected chi connectivity index (χ2v) is 27.2. The maximum absolute atomic E-state index is 2.69. The van der Waals surface area contributed by atoms with Crippen molar-refractivity contribution in [1.29, 1.82) is 0 Å². The molecular weight excluding hydrogens is 920 g/mol. The molecule has 2 aliphatic rings. The predicted octanol–water partition coefficient (Wildman–Crippen LogP) is 18.5. The van der Waals surface area contributed by atoms with Crippen molar-refractivity contribution < 1.29 is 0 Å². The number of benzene rings is 9. The highest BCUT2D eigenvalue weighted by Crippen LogP contribution is 2.53. The minimum atomic E-state index is -0.0682. The van der Waals surface area contributed by atoms with E-state index >= 15 is 0 Å². The van der Waals surface area contributed by atoms with Crippen LogP contribution in [0.2, 0.25) is 0 Å². The van der Waals surface area contributed by atoms with Crippen LogP contribution in [0.25, 0.3) is 63.6 Å². The summed E-state index contributed by atoms with van der Waals surface area (Å²) in [5.41, 5.74) is 16.7. The largest absolute Gasteiger partial charge is 0.310 e. The lowest BCUT2D eigenvalue weighted by Crippen LogP contribution is -2.59. The van der Waals surface area contributed by atoms with E-state index in [4.69, 9.17) is 0 Å². The van der Waals surface area contributed by atoms with Crippen LogP contribution >= 0.6 is 22.7 Å². The minimum absolute atomic E-state index is 0.00284. The SMILES string of the molecule is CC(C)(C)c1ccc(N2c3cccc4c3B(c3sc5ccc(C(C)(C)C)cc5c32)c2sc3ccc(C(C)(C)C)cc3c2N4c2ccc(C(C)(C)C)cc2-c2ccc3c4ccccc4c4ccccc4c3c2)cc1. The zero-order valence-corrected chi connectivity index (χ0v) is 46.0. The normalized spacial score (nSPS) is 13.9. The summed E-state index contributed by atoms with van der Waals surface area (Å²) in [6.07, 6.45) is 0. The second-order valence-electron chi connectivity index (χ2n) is 25.0. The molecule has 2 nitrogen and oxygen atoms in total. The van der Waals surface area contributed by atoms with Gasteiger partial charge in [0.15, 0.2) is 0 Å². The van der Waals surface area contributed by atoms with E-state index in [0.29, 0.717) is 0 Å². The molecule has 0 aliphatic carbocycles. The summed E-state index contributed by atoms with van der Waals surface area (Å²) in [5, 5.41) is 10.4. The molecule has 9 aromatic carbocycles. The van der Waals surface area contributed by atoms with Gasteiger partial charge in [0.25, 0.3) is 6.71 Å². The van der Waals surface area contributed by atoms with Crippen LogP contribution in [0.5, 0.6) is 0 Å². The zero-order chi connectivity index (χ0) is 50.7. The summed E-state index contributed by atoms with van der Waals surface area (Å²) in [7, 11) is 0. The third-order valence-electron chi connectivity index (χ3n) is 16.1. The number of fused-ring (bicyclic) bond motifs is 14. The highest BCUT2D eigenvalue weighted by molar-refractivity contribution is 7.40. The fraction of sp³-hybridized carbons (Fsp3) is 0.235. The summed E-state index contributed by atoms with van der Waals surface area (Å²) in [5.74, 6) is 0. The van der Waals surface area contributed by atoms with Crippen molar-refractivity contribution in [2.45, 2.75) is 105 Å². The fourth-order valence-corrected chi connectivity index (χ4v) is 14.6. The lowest BCUT2D eigenvalue weighted by atomic mass is 9.39. The molecule has 0 fully saturated rings.